The molecule has 0 radical (unpaired) electrons. The molecule has 0 saturated carbocycles. The molecule has 0 saturated heterocycles. The van der Waals surface area contributed by atoms with Gasteiger partial charge < -0.3 is 25.0 Å². The number of carbonyl (C=O) groups is 3. The second-order valence-electron chi connectivity index (χ2n) is 16.3. The summed E-state index contributed by atoms with van der Waals surface area (Å²) in [7, 11) is 1.65. The quantitative estimate of drug-likeness (QED) is 0.0472. The van der Waals surface area contributed by atoms with Crippen molar-refractivity contribution in [1.82, 2.24) is 15.5 Å². The molecule has 2 amide bonds. The third kappa shape index (κ3) is 40.2. The van der Waals surface area contributed by atoms with E-state index >= 15 is 0 Å². The Morgan fingerprint density at radius 2 is 0.873 bits per heavy atom. The summed E-state index contributed by atoms with van der Waals surface area (Å²) < 4.78 is 11.5. The largest absolute Gasteiger partial charge is 0.466 e. The third-order valence-electron chi connectivity index (χ3n) is 10.9. The van der Waals surface area contributed by atoms with Crippen molar-refractivity contribution in [3.63, 3.8) is 0 Å². The molecular weight excluding hydrogens is 687 g/mol. The normalized spacial score (nSPS) is 11.4. The van der Waals surface area contributed by atoms with Crippen molar-refractivity contribution in [1.29, 1.82) is 0 Å². The molecule has 0 aliphatic heterocycles. The van der Waals surface area contributed by atoms with Gasteiger partial charge in [0, 0.05) is 26.4 Å². The maximum Gasteiger partial charge on any atom is 0.314 e. The Morgan fingerprint density at radius 1 is 0.473 bits per heavy atom. The number of ether oxygens (including phenoxy) is 2. The summed E-state index contributed by atoms with van der Waals surface area (Å²) >= 11 is 0. The maximum atomic E-state index is 12.8. The first-order valence-corrected chi connectivity index (χ1v) is 24.0. The molecule has 0 aromatic rings. The van der Waals surface area contributed by atoms with Crippen LogP contribution < -0.4 is 10.6 Å². The number of rotatable bonds is 43. The molecule has 0 atom stereocenters. The molecule has 0 unspecified atom stereocenters. The summed E-state index contributed by atoms with van der Waals surface area (Å²) in [4.78, 5) is 39.0. The van der Waals surface area contributed by atoms with Gasteiger partial charge in [0.1, 0.15) is 6.10 Å². The summed E-state index contributed by atoms with van der Waals surface area (Å²) in [6.45, 7) is 11.2. The van der Waals surface area contributed by atoms with E-state index < -0.39 is 0 Å². The van der Waals surface area contributed by atoms with Crippen LogP contribution in [0.1, 0.15) is 239 Å². The average Bonchev–Trinajstić information content (AvgIpc) is 3.18. The van der Waals surface area contributed by atoms with Crippen LogP contribution in [-0.4, -0.2) is 68.8 Å². The molecule has 0 aromatic heterocycles. The lowest BCUT2D eigenvalue weighted by Crippen LogP contribution is -2.35. The molecule has 2 N–H and O–H groups in total. The first-order chi connectivity index (χ1) is 27.0. The lowest BCUT2D eigenvalue weighted by atomic mass is 10.0. The molecular formula is C47H93N3O5. The molecule has 0 aliphatic rings. The number of hydrogen-bond donors (Lipinski definition) is 2. The molecule has 8 heteroatoms. The first-order valence-electron chi connectivity index (χ1n) is 24.0. The average molecular weight is 780 g/mol. The van der Waals surface area contributed by atoms with E-state index in [1.807, 2.05) is 0 Å². The van der Waals surface area contributed by atoms with Crippen LogP contribution >= 0.6 is 0 Å². The van der Waals surface area contributed by atoms with Gasteiger partial charge in [0.05, 0.1) is 6.61 Å². The van der Waals surface area contributed by atoms with Gasteiger partial charge in [0.2, 0.25) is 0 Å². The Bertz CT molecular complexity index is 825. The number of urea groups is 1. The van der Waals surface area contributed by atoms with Gasteiger partial charge in [-0.25, -0.2) is 4.79 Å². The minimum atomic E-state index is -0.122. The van der Waals surface area contributed by atoms with Gasteiger partial charge in [-0.3, -0.25) is 9.59 Å². The van der Waals surface area contributed by atoms with Crippen molar-refractivity contribution in [3.8, 4) is 0 Å². The summed E-state index contributed by atoms with van der Waals surface area (Å²) in [5, 5.41) is 5.54. The minimum Gasteiger partial charge on any atom is -0.466 e. The number of amides is 2. The molecule has 0 aromatic carbocycles. The monoisotopic (exact) mass is 780 g/mol. The minimum absolute atomic E-state index is 0.0113. The number of hydrogen-bond acceptors (Lipinski definition) is 6. The van der Waals surface area contributed by atoms with Gasteiger partial charge in [-0.2, -0.15) is 0 Å². The fourth-order valence-corrected chi connectivity index (χ4v) is 7.33. The predicted octanol–water partition coefficient (Wildman–Crippen LogP) is 13.0. The topological polar surface area (TPSA) is 97.0 Å². The van der Waals surface area contributed by atoms with E-state index in [1.54, 1.807) is 7.05 Å². The number of nitrogens with zero attached hydrogens (tertiary/aromatic N) is 1. The number of nitrogens with one attached hydrogen (secondary N) is 2. The van der Waals surface area contributed by atoms with E-state index in [2.05, 4.69) is 36.3 Å². The Hall–Kier alpha value is -1.83. The highest BCUT2D eigenvalue weighted by Gasteiger charge is 2.14. The standard InChI is InChI=1S/C47H93N3O5/c1-5-8-11-14-17-26-33-43-54-45(51)37-29-22-18-24-31-40-50(42-34-39-49-47(53)48-4)41-32-25-19-23-30-38-46(52)55-44(35-27-20-15-12-9-6-2)36-28-21-16-13-10-7-3/h44H,5-43H2,1-4H3,(H2,48,49,53). The molecule has 0 heterocycles. The van der Waals surface area contributed by atoms with Gasteiger partial charge in [0.15, 0.2) is 0 Å². The summed E-state index contributed by atoms with van der Waals surface area (Å²) in [5.41, 5.74) is 0. The van der Waals surface area contributed by atoms with Crippen molar-refractivity contribution in [2.75, 3.05) is 39.8 Å². The van der Waals surface area contributed by atoms with Crippen molar-refractivity contribution in [2.45, 2.75) is 245 Å². The first kappa shape index (κ1) is 53.2. The van der Waals surface area contributed by atoms with Gasteiger partial charge in [-0.05, 0) is 83.8 Å². The Morgan fingerprint density at radius 3 is 1.36 bits per heavy atom. The van der Waals surface area contributed by atoms with Crippen LogP contribution in [0.15, 0.2) is 0 Å². The highest BCUT2D eigenvalue weighted by Crippen LogP contribution is 2.18. The van der Waals surface area contributed by atoms with Gasteiger partial charge >= 0.3 is 18.0 Å². The van der Waals surface area contributed by atoms with Crippen molar-refractivity contribution < 1.29 is 23.9 Å². The highest BCUT2D eigenvalue weighted by molar-refractivity contribution is 5.73. The number of unbranched alkanes of at least 4 members (excludes halogenated alkanes) is 24. The van der Waals surface area contributed by atoms with E-state index in [0.29, 0.717) is 26.0 Å². The molecule has 0 fully saturated rings. The smallest absolute Gasteiger partial charge is 0.314 e. The van der Waals surface area contributed by atoms with E-state index in [-0.39, 0.29) is 24.1 Å². The van der Waals surface area contributed by atoms with Crippen LogP contribution in [-0.2, 0) is 19.1 Å². The van der Waals surface area contributed by atoms with Gasteiger partial charge in [0.25, 0.3) is 0 Å². The molecule has 8 nitrogen and oxygen atoms in total. The van der Waals surface area contributed by atoms with E-state index in [4.69, 9.17) is 9.47 Å². The van der Waals surface area contributed by atoms with Crippen LogP contribution in [0.5, 0.6) is 0 Å². The number of carbonyl (C=O) groups excluding carboxylic acids is 3. The zero-order chi connectivity index (χ0) is 40.3. The lowest BCUT2D eigenvalue weighted by molar-refractivity contribution is -0.150. The fraction of sp³-hybridized carbons (Fsp3) is 0.936. The third-order valence-corrected chi connectivity index (χ3v) is 10.9. The Labute approximate surface area is 341 Å². The molecule has 0 rings (SSSR count). The van der Waals surface area contributed by atoms with Gasteiger partial charge in [-0.1, -0.05) is 162 Å². The molecule has 326 valence electrons. The Kier molecular flexibility index (Phi) is 41.9. The van der Waals surface area contributed by atoms with Crippen molar-refractivity contribution in [3.05, 3.63) is 0 Å². The fourth-order valence-electron chi connectivity index (χ4n) is 7.33. The van der Waals surface area contributed by atoms with Crippen LogP contribution in [0.4, 0.5) is 4.79 Å². The SMILES string of the molecule is CCCCCCCCCOC(=O)CCCCCCCN(CCCCCCCC(=O)OC(CCCCCCCC)CCCCCCCC)CCCNC(=O)NC. The van der Waals surface area contributed by atoms with Crippen molar-refractivity contribution >= 4 is 18.0 Å². The number of esters is 2. The second-order valence-corrected chi connectivity index (χ2v) is 16.3. The van der Waals surface area contributed by atoms with Crippen LogP contribution in [0.2, 0.25) is 0 Å². The molecule has 0 bridgehead atoms. The van der Waals surface area contributed by atoms with Crippen molar-refractivity contribution in [2.24, 2.45) is 0 Å². The summed E-state index contributed by atoms with van der Waals surface area (Å²) in [6, 6.07) is -0.122. The van der Waals surface area contributed by atoms with E-state index in [9.17, 15) is 14.4 Å². The summed E-state index contributed by atoms with van der Waals surface area (Å²) in [6.07, 6.45) is 39.1. The van der Waals surface area contributed by atoms with E-state index in [0.717, 1.165) is 103 Å². The zero-order valence-electron chi connectivity index (χ0n) is 37.1. The van der Waals surface area contributed by atoms with E-state index in [1.165, 1.54) is 122 Å². The Balaban J connectivity index is 4.29. The highest BCUT2D eigenvalue weighted by atomic mass is 16.5. The molecule has 0 aliphatic carbocycles. The van der Waals surface area contributed by atoms with Crippen LogP contribution in [0.25, 0.3) is 0 Å². The van der Waals surface area contributed by atoms with Gasteiger partial charge in [-0.15, -0.1) is 0 Å². The zero-order valence-corrected chi connectivity index (χ0v) is 37.1. The maximum absolute atomic E-state index is 12.8. The molecule has 0 spiro atoms. The van der Waals surface area contributed by atoms with Crippen LogP contribution in [0.3, 0.4) is 0 Å². The lowest BCUT2D eigenvalue weighted by Gasteiger charge is -2.22. The van der Waals surface area contributed by atoms with Crippen LogP contribution in [0, 0.1) is 0 Å². The summed E-state index contributed by atoms with van der Waals surface area (Å²) in [5.74, 6) is -0.0223. The predicted molar refractivity (Wildman–Crippen MR) is 234 cm³/mol. The second kappa shape index (κ2) is 43.3. The molecule has 55 heavy (non-hydrogen) atoms.